The highest BCUT2D eigenvalue weighted by Crippen LogP contribution is 2.12. The second-order valence-electron chi connectivity index (χ2n) is 2.97. The summed E-state index contributed by atoms with van der Waals surface area (Å²) in [6, 6.07) is 7.86. The summed E-state index contributed by atoms with van der Waals surface area (Å²) in [4.78, 5) is 0. The van der Waals surface area contributed by atoms with E-state index in [4.69, 9.17) is 9.84 Å². The van der Waals surface area contributed by atoms with Gasteiger partial charge < -0.3 is 9.84 Å². The highest BCUT2D eigenvalue weighted by atomic mass is 16.5. The topological polar surface area (TPSA) is 29.5 Å². The Hall–Kier alpha value is -1.02. The van der Waals surface area contributed by atoms with Gasteiger partial charge in [-0.15, -0.1) is 0 Å². The molecule has 0 saturated heterocycles. The predicted molar refractivity (Wildman–Crippen MR) is 53.0 cm³/mol. The first-order valence-electron chi connectivity index (χ1n) is 4.69. The molecule has 0 radical (unpaired) electrons. The summed E-state index contributed by atoms with van der Waals surface area (Å²) < 4.78 is 5.43. The predicted octanol–water partition coefficient (Wildman–Crippen LogP) is 2.01. The molecule has 0 amide bonds. The van der Waals surface area contributed by atoms with Crippen molar-refractivity contribution in [3.8, 4) is 5.75 Å². The average Bonchev–Trinajstić information content (AvgIpc) is 2.17. The summed E-state index contributed by atoms with van der Waals surface area (Å²) in [5, 5.41) is 8.70. The van der Waals surface area contributed by atoms with Crippen molar-refractivity contribution >= 4 is 0 Å². The minimum Gasteiger partial charge on any atom is -0.494 e. The summed E-state index contributed by atoms with van der Waals surface area (Å²) in [5.41, 5.74) is 1.14. The van der Waals surface area contributed by atoms with Crippen LogP contribution in [0.4, 0.5) is 0 Å². The molecule has 0 spiro atoms. The third-order valence-electron chi connectivity index (χ3n) is 1.80. The molecule has 13 heavy (non-hydrogen) atoms. The molecule has 0 aromatic heterocycles. The normalized spacial score (nSPS) is 10.0. The molecule has 0 heterocycles. The Morgan fingerprint density at radius 1 is 1.23 bits per heavy atom. The first-order chi connectivity index (χ1) is 6.36. The van der Waals surface area contributed by atoms with Crippen LogP contribution in [0.2, 0.25) is 0 Å². The molecular formula is C11H16O2. The molecule has 1 N–H and O–H groups in total. The molecule has 0 unspecified atom stereocenters. The van der Waals surface area contributed by atoms with Gasteiger partial charge in [0.1, 0.15) is 5.75 Å². The third-order valence-corrected chi connectivity index (χ3v) is 1.80. The van der Waals surface area contributed by atoms with Gasteiger partial charge in [0.05, 0.1) is 6.61 Å². The summed E-state index contributed by atoms with van der Waals surface area (Å²) in [7, 11) is 0. The maximum Gasteiger partial charge on any atom is 0.119 e. The number of hydrogen-bond donors (Lipinski definition) is 1. The zero-order valence-electron chi connectivity index (χ0n) is 7.99. The zero-order chi connectivity index (χ0) is 9.52. The molecule has 1 aromatic rings. The second kappa shape index (κ2) is 5.60. The molecular weight excluding hydrogens is 164 g/mol. The first-order valence-corrected chi connectivity index (χ1v) is 4.69. The van der Waals surface area contributed by atoms with E-state index in [1.54, 1.807) is 0 Å². The number of aliphatic hydroxyl groups is 1. The van der Waals surface area contributed by atoms with Gasteiger partial charge in [-0.3, -0.25) is 0 Å². The molecule has 0 atom stereocenters. The SMILES string of the molecule is CCCOc1ccc(CCO)cc1. The number of benzene rings is 1. The fraction of sp³-hybridized carbons (Fsp3) is 0.455. The Morgan fingerprint density at radius 2 is 1.92 bits per heavy atom. The first kappa shape index (κ1) is 10.1. The second-order valence-corrected chi connectivity index (χ2v) is 2.97. The van der Waals surface area contributed by atoms with Crippen LogP contribution in [-0.2, 0) is 6.42 Å². The van der Waals surface area contributed by atoms with Gasteiger partial charge in [-0.1, -0.05) is 19.1 Å². The monoisotopic (exact) mass is 180 g/mol. The van der Waals surface area contributed by atoms with Gasteiger partial charge in [0.15, 0.2) is 0 Å². The van der Waals surface area contributed by atoms with Crippen LogP contribution in [0.25, 0.3) is 0 Å². The summed E-state index contributed by atoms with van der Waals surface area (Å²) >= 11 is 0. The van der Waals surface area contributed by atoms with Crippen LogP contribution in [0.15, 0.2) is 24.3 Å². The van der Waals surface area contributed by atoms with E-state index in [0.717, 1.165) is 24.3 Å². The quantitative estimate of drug-likeness (QED) is 0.751. The van der Waals surface area contributed by atoms with Crippen LogP contribution in [0.1, 0.15) is 18.9 Å². The molecule has 1 rings (SSSR count). The van der Waals surface area contributed by atoms with Crippen LogP contribution < -0.4 is 4.74 Å². The van der Waals surface area contributed by atoms with Crippen molar-refractivity contribution in [3.05, 3.63) is 29.8 Å². The van der Waals surface area contributed by atoms with E-state index in [2.05, 4.69) is 6.92 Å². The molecule has 2 heteroatoms. The van der Waals surface area contributed by atoms with Crippen LogP contribution in [0, 0.1) is 0 Å². The number of rotatable bonds is 5. The highest BCUT2D eigenvalue weighted by molar-refractivity contribution is 5.27. The van der Waals surface area contributed by atoms with E-state index in [9.17, 15) is 0 Å². The van der Waals surface area contributed by atoms with Crippen molar-refractivity contribution in [1.29, 1.82) is 0 Å². The summed E-state index contributed by atoms with van der Waals surface area (Å²) in [5.74, 6) is 0.906. The van der Waals surface area contributed by atoms with Gasteiger partial charge in [0.25, 0.3) is 0 Å². The van der Waals surface area contributed by atoms with E-state index in [0.29, 0.717) is 6.42 Å². The zero-order valence-corrected chi connectivity index (χ0v) is 7.99. The number of hydrogen-bond acceptors (Lipinski definition) is 2. The molecule has 0 saturated carbocycles. The molecule has 1 aromatic carbocycles. The smallest absolute Gasteiger partial charge is 0.119 e. The Kier molecular flexibility index (Phi) is 4.33. The van der Waals surface area contributed by atoms with Crippen molar-refractivity contribution in [2.45, 2.75) is 19.8 Å². The summed E-state index contributed by atoms with van der Waals surface area (Å²) in [6.45, 7) is 3.05. The lowest BCUT2D eigenvalue weighted by Crippen LogP contribution is -1.95. The van der Waals surface area contributed by atoms with Crippen LogP contribution >= 0.6 is 0 Å². The lowest BCUT2D eigenvalue weighted by Gasteiger charge is -2.04. The Morgan fingerprint density at radius 3 is 2.46 bits per heavy atom. The van der Waals surface area contributed by atoms with E-state index in [1.165, 1.54) is 0 Å². The Balaban J connectivity index is 2.48. The molecule has 0 bridgehead atoms. The van der Waals surface area contributed by atoms with Crippen molar-refractivity contribution in [2.75, 3.05) is 13.2 Å². The Labute approximate surface area is 79.2 Å². The molecule has 72 valence electrons. The number of ether oxygens (including phenoxy) is 1. The number of aliphatic hydroxyl groups excluding tert-OH is 1. The van der Waals surface area contributed by atoms with Gasteiger partial charge in [-0.05, 0) is 30.5 Å². The van der Waals surface area contributed by atoms with Crippen molar-refractivity contribution in [2.24, 2.45) is 0 Å². The van der Waals surface area contributed by atoms with E-state index in [1.807, 2.05) is 24.3 Å². The fourth-order valence-corrected chi connectivity index (χ4v) is 1.10. The van der Waals surface area contributed by atoms with Crippen molar-refractivity contribution in [3.63, 3.8) is 0 Å². The van der Waals surface area contributed by atoms with Crippen LogP contribution in [-0.4, -0.2) is 18.3 Å². The van der Waals surface area contributed by atoms with Gasteiger partial charge in [0, 0.05) is 6.61 Å². The van der Waals surface area contributed by atoms with Crippen molar-refractivity contribution in [1.82, 2.24) is 0 Å². The van der Waals surface area contributed by atoms with Gasteiger partial charge in [-0.25, -0.2) is 0 Å². The lowest BCUT2D eigenvalue weighted by atomic mass is 10.1. The van der Waals surface area contributed by atoms with Gasteiger partial charge >= 0.3 is 0 Å². The Bertz CT molecular complexity index is 228. The van der Waals surface area contributed by atoms with Crippen LogP contribution in [0.3, 0.4) is 0 Å². The average molecular weight is 180 g/mol. The minimum absolute atomic E-state index is 0.204. The van der Waals surface area contributed by atoms with Gasteiger partial charge in [-0.2, -0.15) is 0 Å². The van der Waals surface area contributed by atoms with Crippen LogP contribution in [0.5, 0.6) is 5.75 Å². The van der Waals surface area contributed by atoms with E-state index >= 15 is 0 Å². The fourth-order valence-electron chi connectivity index (χ4n) is 1.10. The molecule has 2 nitrogen and oxygen atoms in total. The molecule has 0 aliphatic heterocycles. The molecule has 0 fully saturated rings. The third kappa shape index (κ3) is 3.47. The maximum absolute atomic E-state index is 8.70. The highest BCUT2D eigenvalue weighted by Gasteiger charge is 1.93. The standard InChI is InChI=1S/C11H16O2/c1-2-9-13-11-5-3-10(4-6-11)7-8-12/h3-6,12H,2,7-9H2,1H3. The van der Waals surface area contributed by atoms with E-state index in [-0.39, 0.29) is 6.61 Å². The molecule has 0 aliphatic carbocycles. The summed E-state index contributed by atoms with van der Waals surface area (Å²) in [6.07, 6.45) is 1.74. The van der Waals surface area contributed by atoms with Crippen molar-refractivity contribution < 1.29 is 9.84 Å². The van der Waals surface area contributed by atoms with Gasteiger partial charge in [0.2, 0.25) is 0 Å². The minimum atomic E-state index is 0.204. The maximum atomic E-state index is 8.70. The van der Waals surface area contributed by atoms with E-state index < -0.39 is 0 Å². The lowest BCUT2D eigenvalue weighted by molar-refractivity contribution is 0.299. The largest absolute Gasteiger partial charge is 0.494 e. The molecule has 0 aliphatic rings.